The van der Waals surface area contributed by atoms with Crippen LogP contribution < -0.4 is 14.8 Å². The molecule has 1 aliphatic rings. The third-order valence-corrected chi connectivity index (χ3v) is 3.87. The highest BCUT2D eigenvalue weighted by Gasteiger charge is 2.21. The maximum Gasteiger partial charge on any atom is 0.124 e. The average Bonchev–Trinajstić information content (AvgIpc) is 2.43. The van der Waals surface area contributed by atoms with Crippen molar-refractivity contribution >= 4 is 11.8 Å². The predicted molar refractivity (Wildman–Crippen MR) is 76.8 cm³/mol. The van der Waals surface area contributed by atoms with E-state index in [1.54, 1.807) is 7.11 Å². The molecule has 2 rings (SSSR count). The van der Waals surface area contributed by atoms with Gasteiger partial charge in [0.1, 0.15) is 11.5 Å². The van der Waals surface area contributed by atoms with E-state index in [1.165, 1.54) is 17.7 Å². The number of ether oxygens (including phenoxy) is 2. The number of methoxy groups -OCH3 is 1. The Bertz CT molecular complexity index is 384. The van der Waals surface area contributed by atoms with Crippen molar-refractivity contribution in [2.45, 2.75) is 18.9 Å². The van der Waals surface area contributed by atoms with Crippen LogP contribution in [-0.2, 0) is 0 Å². The normalized spacial score (nSPS) is 18.0. The molecule has 0 aromatic heterocycles. The Morgan fingerprint density at radius 2 is 2.39 bits per heavy atom. The third kappa shape index (κ3) is 3.33. The SMILES string of the molecule is COc1ccc2c(c1)C(NCCCSC)CCO2. The summed E-state index contributed by atoms with van der Waals surface area (Å²) in [6.45, 7) is 1.85. The van der Waals surface area contributed by atoms with Crippen LogP contribution in [-0.4, -0.2) is 32.3 Å². The van der Waals surface area contributed by atoms with Gasteiger partial charge in [-0.05, 0) is 43.2 Å². The molecule has 0 amide bonds. The Kier molecular flexibility index (Phi) is 5.20. The Hall–Kier alpha value is -0.870. The highest BCUT2D eigenvalue weighted by Crippen LogP contribution is 2.34. The maximum atomic E-state index is 5.68. The summed E-state index contributed by atoms with van der Waals surface area (Å²) in [5, 5.41) is 3.62. The maximum absolute atomic E-state index is 5.68. The van der Waals surface area contributed by atoms with Crippen LogP contribution in [0.1, 0.15) is 24.4 Å². The van der Waals surface area contributed by atoms with Crippen molar-refractivity contribution in [3.63, 3.8) is 0 Å². The van der Waals surface area contributed by atoms with Gasteiger partial charge in [0.25, 0.3) is 0 Å². The van der Waals surface area contributed by atoms with Crippen molar-refractivity contribution < 1.29 is 9.47 Å². The first-order valence-corrected chi connectivity index (χ1v) is 7.77. The van der Waals surface area contributed by atoms with E-state index in [1.807, 2.05) is 23.9 Å². The molecule has 0 saturated heterocycles. The molecule has 0 fully saturated rings. The first-order chi connectivity index (χ1) is 8.85. The highest BCUT2D eigenvalue weighted by molar-refractivity contribution is 7.98. The van der Waals surface area contributed by atoms with Crippen LogP contribution in [0.5, 0.6) is 11.5 Å². The molecule has 1 atom stereocenters. The fourth-order valence-corrected chi connectivity index (χ4v) is 2.64. The van der Waals surface area contributed by atoms with Crippen molar-refractivity contribution in [2.24, 2.45) is 0 Å². The molecule has 0 spiro atoms. The van der Waals surface area contributed by atoms with E-state index in [-0.39, 0.29) is 0 Å². The predicted octanol–water partition coefficient (Wildman–Crippen LogP) is 2.86. The topological polar surface area (TPSA) is 30.5 Å². The lowest BCUT2D eigenvalue weighted by atomic mass is 10.00. The monoisotopic (exact) mass is 267 g/mol. The van der Waals surface area contributed by atoms with E-state index in [0.29, 0.717) is 6.04 Å². The van der Waals surface area contributed by atoms with Gasteiger partial charge in [-0.15, -0.1) is 0 Å². The van der Waals surface area contributed by atoms with E-state index in [2.05, 4.69) is 17.6 Å². The summed E-state index contributed by atoms with van der Waals surface area (Å²) in [4.78, 5) is 0. The fourth-order valence-electron chi connectivity index (χ4n) is 2.20. The summed E-state index contributed by atoms with van der Waals surface area (Å²) < 4.78 is 11.0. The Balaban J connectivity index is 2.01. The van der Waals surface area contributed by atoms with Crippen molar-refractivity contribution in [3.05, 3.63) is 23.8 Å². The quantitative estimate of drug-likeness (QED) is 0.803. The molecule has 0 aliphatic carbocycles. The molecular formula is C14H21NO2S. The minimum atomic E-state index is 0.394. The molecule has 0 radical (unpaired) electrons. The van der Waals surface area contributed by atoms with Crippen LogP contribution in [0.2, 0.25) is 0 Å². The lowest BCUT2D eigenvalue weighted by molar-refractivity contribution is 0.252. The van der Waals surface area contributed by atoms with Gasteiger partial charge in [0, 0.05) is 18.0 Å². The average molecular weight is 267 g/mol. The zero-order valence-electron chi connectivity index (χ0n) is 11.1. The van der Waals surface area contributed by atoms with Crippen LogP contribution in [0.3, 0.4) is 0 Å². The largest absolute Gasteiger partial charge is 0.497 e. The van der Waals surface area contributed by atoms with Crippen molar-refractivity contribution in [1.29, 1.82) is 0 Å². The first-order valence-electron chi connectivity index (χ1n) is 6.38. The number of benzene rings is 1. The van der Waals surface area contributed by atoms with Gasteiger partial charge in [0.15, 0.2) is 0 Å². The van der Waals surface area contributed by atoms with Gasteiger partial charge >= 0.3 is 0 Å². The van der Waals surface area contributed by atoms with Gasteiger partial charge in [-0.1, -0.05) is 0 Å². The molecule has 3 nitrogen and oxygen atoms in total. The highest BCUT2D eigenvalue weighted by atomic mass is 32.2. The molecule has 1 N–H and O–H groups in total. The number of rotatable bonds is 6. The second-order valence-electron chi connectivity index (χ2n) is 4.39. The number of hydrogen-bond donors (Lipinski definition) is 1. The molecule has 1 aromatic rings. The lowest BCUT2D eigenvalue weighted by Crippen LogP contribution is -2.28. The summed E-state index contributed by atoms with van der Waals surface area (Å²) >= 11 is 1.90. The zero-order chi connectivity index (χ0) is 12.8. The summed E-state index contributed by atoms with van der Waals surface area (Å²) in [6, 6.07) is 6.44. The number of fused-ring (bicyclic) bond motifs is 1. The van der Waals surface area contributed by atoms with Crippen molar-refractivity contribution in [2.75, 3.05) is 32.3 Å². The van der Waals surface area contributed by atoms with Gasteiger partial charge in [-0.2, -0.15) is 11.8 Å². The summed E-state index contributed by atoms with van der Waals surface area (Å²) in [7, 11) is 1.70. The molecule has 100 valence electrons. The van der Waals surface area contributed by atoms with Crippen LogP contribution in [0.4, 0.5) is 0 Å². The number of hydrogen-bond acceptors (Lipinski definition) is 4. The molecule has 4 heteroatoms. The second-order valence-corrected chi connectivity index (χ2v) is 5.38. The minimum absolute atomic E-state index is 0.394. The summed E-state index contributed by atoms with van der Waals surface area (Å²) in [6.07, 6.45) is 4.38. The molecule has 1 aliphatic heterocycles. The smallest absolute Gasteiger partial charge is 0.124 e. The van der Waals surface area contributed by atoms with Crippen molar-refractivity contribution in [1.82, 2.24) is 5.32 Å². The van der Waals surface area contributed by atoms with Crippen molar-refractivity contribution in [3.8, 4) is 11.5 Å². The Morgan fingerprint density at radius 1 is 1.50 bits per heavy atom. The molecule has 0 bridgehead atoms. The van der Waals surface area contributed by atoms with Crippen LogP contribution in [0, 0.1) is 0 Å². The summed E-state index contributed by atoms with van der Waals surface area (Å²) in [5.74, 6) is 3.10. The molecule has 1 heterocycles. The third-order valence-electron chi connectivity index (χ3n) is 3.17. The van der Waals surface area contributed by atoms with Gasteiger partial charge < -0.3 is 14.8 Å². The van der Waals surface area contributed by atoms with Gasteiger partial charge in [-0.25, -0.2) is 0 Å². The van der Waals surface area contributed by atoms with Crippen LogP contribution >= 0.6 is 11.8 Å². The lowest BCUT2D eigenvalue weighted by Gasteiger charge is -2.27. The molecule has 1 unspecified atom stereocenters. The molecular weight excluding hydrogens is 246 g/mol. The number of nitrogens with one attached hydrogen (secondary N) is 1. The standard InChI is InChI=1S/C14H21NO2S/c1-16-11-4-5-14-12(10-11)13(6-8-17-14)15-7-3-9-18-2/h4-5,10,13,15H,3,6-9H2,1-2H3. The zero-order valence-corrected chi connectivity index (χ0v) is 11.9. The molecule has 1 aromatic carbocycles. The van der Waals surface area contributed by atoms with E-state index >= 15 is 0 Å². The van der Waals surface area contributed by atoms with E-state index in [0.717, 1.165) is 31.1 Å². The van der Waals surface area contributed by atoms with E-state index in [4.69, 9.17) is 9.47 Å². The Labute approximate surface area is 113 Å². The van der Waals surface area contributed by atoms with Gasteiger partial charge in [0.2, 0.25) is 0 Å². The fraction of sp³-hybridized carbons (Fsp3) is 0.571. The number of thioether (sulfide) groups is 1. The Morgan fingerprint density at radius 3 is 3.17 bits per heavy atom. The summed E-state index contributed by atoms with van der Waals surface area (Å²) in [5.41, 5.74) is 1.23. The van der Waals surface area contributed by atoms with Gasteiger partial charge in [-0.3, -0.25) is 0 Å². The minimum Gasteiger partial charge on any atom is -0.497 e. The van der Waals surface area contributed by atoms with E-state index in [9.17, 15) is 0 Å². The van der Waals surface area contributed by atoms with Crippen LogP contribution in [0.15, 0.2) is 18.2 Å². The first kappa shape index (κ1) is 13.6. The van der Waals surface area contributed by atoms with Crippen LogP contribution in [0.25, 0.3) is 0 Å². The molecule has 18 heavy (non-hydrogen) atoms. The molecule has 0 saturated carbocycles. The second kappa shape index (κ2) is 6.90. The van der Waals surface area contributed by atoms with E-state index < -0.39 is 0 Å². The van der Waals surface area contributed by atoms with Gasteiger partial charge in [0.05, 0.1) is 13.7 Å².